The quantitative estimate of drug-likeness (QED) is 0.210. The summed E-state index contributed by atoms with van der Waals surface area (Å²) in [5.74, 6) is -0.756. The van der Waals surface area contributed by atoms with Gasteiger partial charge in [-0.25, -0.2) is 9.37 Å². The first-order chi connectivity index (χ1) is 15.9. The van der Waals surface area contributed by atoms with Crippen LogP contribution in [0.1, 0.15) is 16.1 Å². The zero-order chi connectivity index (χ0) is 23.1. The normalized spacial score (nSPS) is 11.1. The number of benzene rings is 2. The minimum atomic E-state index is -0.454. The van der Waals surface area contributed by atoms with Crippen molar-refractivity contribution in [1.82, 2.24) is 9.38 Å². The molecule has 5 aromatic rings. The molecule has 0 aliphatic rings. The maximum Gasteiger partial charge on any atom is 0.269 e. The molecule has 0 radical (unpaired) electrons. The molecule has 9 heteroatoms. The Bertz CT molecular complexity index is 1520. The van der Waals surface area contributed by atoms with E-state index in [0.29, 0.717) is 27.3 Å². The van der Waals surface area contributed by atoms with Gasteiger partial charge in [-0.2, -0.15) is 0 Å². The smallest absolute Gasteiger partial charge is 0.269 e. The van der Waals surface area contributed by atoms with Crippen LogP contribution in [0.3, 0.4) is 0 Å². The minimum absolute atomic E-state index is 0.000763. The molecule has 0 aliphatic heterocycles. The summed E-state index contributed by atoms with van der Waals surface area (Å²) in [6.45, 7) is 0. The predicted octanol–water partition coefficient (Wildman–Crippen LogP) is 5.59. The first-order valence-electron chi connectivity index (χ1n) is 9.83. The zero-order valence-corrected chi connectivity index (χ0v) is 17.8. The number of nitro groups is 1. The number of pyridine rings is 1. The average molecular weight is 458 g/mol. The Balaban J connectivity index is 1.61. The van der Waals surface area contributed by atoms with Crippen LogP contribution in [0.5, 0.6) is 0 Å². The fraction of sp³-hybridized carbons (Fsp3) is 0. The van der Waals surface area contributed by atoms with Crippen molar-refractivity contribution in [3.8, 4) is 21.8 Å². The molecule has 2 aromatic carbocycles. The molecule has 7 nitrogen and oxygen atoms in total. The van der Waals surface area contributed by atoms with E-state index < -0.39 is 10.7 Å². The Labute approximate surface area is 190 Å². The van der Waals surface area contributed by atoms with Crippen molar-refractivity contribution < 1.29 is 14.1 Å². The van der Waals surface area contributed by atoms with Crippen molar-refractivity contribution in [2.45, 2.75) is 0 Å². The molecule has 162 valence electrons. The van der Waals surface area contributed by atoms with Crippen LogP contribution in [0.15, 0.2) is 78.3 Å². The van der Waals surface area contributed by atoms with Crippen LogP contribution in [-0.2, 0) is 0 Å². The number of carbonyl (C=O) groups is 1. The van der Waals surface area contributed by atoms with Gasteiger partial charge in [-0.3, -0.25) is 14.9 Å². The second-order valence-corrected chi connectivity index (χ2v) is 8.13. The number of hydrogen-bond acceptors (Lipinski definition) is 6. The third-order valence-electron chi connectivity index (χ3n) is 5.29. The summed E-state index contributed by atoms with van der Waals surface area (Å²) in [6, 6.07) is 16.9. The Morgan fingerprint density at radius 3 is 2.48 bits per heavy atom. The average Bonchev–Trinajstić information content (AvgIpc) is 3.41. The summed E-state index contributed by atoms with van der Waals surface area (Å²) in [5, 5.41) is 13.4. The number of halogens is 1. The van der Waals surface area contributed by atoms with E-state index in [1.807, 2.05) is 17.5 Å². The molecule has 0 amide bonds. The third-order valence-corrected chi connectivity index (χ3v) is 6.15. The van der Waals surface area contributed by atoms with Crippen molar-refractivity contribution in [3.63, 3.8) is 0 Å². The lowest BCUT2D eigenvalue weighted by molar-refractivity contribution is -0.384. The van der Waals surface area contributed by atoms with Crippen molar-refractivity contribution in [2.75, 3.05) is 5.73 Å². The first-order valence-corrected chi connectivity index (χ1v) is 10.7. The molecule has 2 N–H and O–H groups in total. The molecule has 0 bridgehead atoms. The van der Waals surface area contributed by atoms with E-state index in [-0.39, 0.29) is 22.9 Å². The van der Waals surface area contributed by atoms with Gasteiger partial charge in [0.15, 0.2) is 0 Å². The first kappa shape index (κ1) is 20.5. The number of nitrogen functional groups attached to an aromatic ring is 1. The number of hydrogen-bond donors (Lipinski definition) is 1. The number of ketones is 1. The molecular weight excluding hydrogens is 443 g/mol. The number of aromatic nitrogens is 2. The summed E-state index contributed by atoms with van der Waals surface area (Å²) in [7, 11) is 0. The fourth-order valence-electron chi connectivity index (χ4n) is 3.70. The van der Waals surface area contributed by atoms with Gasteiger partial charge in [-0.05, 0) is 48.5 Å². The summed E-state index contributed by atoms with van der Waals surface area (Å²) in [5.41, 5.74) is 10.1. The number of nitrogens with two attached hydrogens (primary N) is 1. The highest BCUT2D eigenvalue weighted by Gasteiger charge is 2.25. The highest BCUT2D eigenvalue weighted by atomic mass is 32.1. The van der Waals surface area contributed by atoms with Gasteiger partial charge in [0, 0.05) is 34.8 Å². The van der Waals surface area contributed by atoms with Gasteiger partial charge in [0.05, 0.1) is 27.4 Å². The lowest BCUT2D eigenvalue weighted by Crippen LogP contribution is -2.08. The van der Waals surface area contributed by atoms with Crippen LogP contribution in [0, 0.1) is 15.9 Å². The second-order valence-electron chi connectivity index (χ2n) is 7.27. The van der Waals surface area contributed by atoms with E-state index in [0.717, 1.165) is 5.56 Å². The number of rotatable bonds is 5. The number of anilines is 1. The summed E-state index contributed by atoms with van der Waals surface area (Å²) in [6.07, 6.45) is 1.75. The maximum atomic E-state index is 13.3. The number of thiazole rings is 1. The Hall–Kier alpha value is -4.37. The van der Waals surface area contributed by atoms with Gasteiger partial charge < -0.3 is 10.1 Å². The van der Waals surface area contributed by atoms with E-state index in [1.54, 1.807) is 28.8 Å². The Morgan fingerprint density at radius 2 is 1.79 bits per heavy atom. The van der Waals surface area contributed by atoms with Crippen molar-refractivity contribution >= 4 is 34.0 Å². The molecule has 0 spiro atoms. The largest absolute Gasteiger partial charge is 0.396 e. The SMILES string of the molecule is Nc1c(-c2nc(-c3ccc([N+](=O)[O-])cc3)cs2)c2ccccn2c1C(=O)c1ccc(F)cc1. The van der Waals surface area contributed by atoms with E-state index in [4.69, 9.17) is 5.73 Å². The molecule has 0 atom stereocenters. The number of carbonyl (C=O) groups excluding carboxylic acids is 1. The highest BCUT2D eigenvalue weighted by molar-refractivity contribution is 7.13. The van der Waals surface area contributed by atoms with Crippen LogP contribution < -0.4 is 5.73 Å². The molecule has 5 rings (SSSR count). The van der Waals surface area contributed by atoms with Gasteiger partial charge in [-0.1, -0.05) is 6.07 Å². The molecule has 0 aliphatic carbocycles. The minimum Gasteiger partial charge on any atom is -0.396 e. The summed E-state index contributed by atoms with van der Waals surface area (Å²) < 4.78 is 15.0. The fourth-order valence-corrected chi connectivity index (χ4v) is 4.59. The van der Waals surface area contributed by atoms with Crippen molar-refractivity contribution in [2.24, 2.45) is 0 Å². The van der Waals surface area contributed by atoms with Crippen LogP contribution in [0.2, 0.25) is 0 Å². The Morgan fingerprint density at radius 1 is 1.06 bits per heavy atom. The van der Waals surface area contributed by atoms with E-state index in [9.17, 15) is 19.3 Å². The maximum absolute atomic E-state index is 13.3. The Kier molecular flexibility index (Phi) is 4.95. The van der Waals surface area contributed by atoms with Crippen molar-refractivity contribution in [3.05, 3.63) is 105 Å². The summed E-state index contributed by atoms with van der Waals surface area (Å²) >= 11 is 1.36. The molecule has 33 heavy (non-hydrogen) atoms. The standard InChI is InChI=1S/C24H15FN4O3S/c25-16-8-4-15(5-9-16)23(30)22-21(26)20(19-3-1-2-12-28(19)22)24-27-18(13-33-24)14-6-10-17(11-7-14)29(31)32/h1-13H,26H2. The van der Waals surface area contributed by atoms with Gasteiger partial charge in [-0.15, -0.1) is 11.3 Å². The lowest BCUT2D eigenvalue weighted by Gasteiger charge is -2.03. The number of nitro benzene ring substituents is 1. The third kappa shape index (κ3) is 3.54. The molecular formula is C24H15FN4O3S. The molecule has 3 aromatic heterocycles. The zero-order valence-electron chi connectivity index (χ0n) is 16.9. The lowest BCUT2D eigenvalue weighted by atomic mass is 10.1. The van der Waals surface area contributed by atoms with Gasteiger partial charge in [0.1, 0.15) is 16.5 Å². The number of non-ortho nitro benzene ring substituents is 1. The predicted molar refractivity (Wildman–Crippen MR) is 125 cm³/mol. The second kappa shape index (κ2) is 7.95. The molecule has 0 saturated heterocycles. The summed E-state index contributed by atoms with van der Waals surface area (Å²) in [4.78, 5) is 28.4. The monoisotopic (exact) mass is 458 g/mol. The number of nitrogens with zero attached hydrogens (tertiary/aromatic N) is 3. The van der Waals surface area contributed by atoms with Gasteiger partial charge >= 0.3 is 0 Å². The van der Waals surface area contributed by atoms with Crippen LogP contribution in [0.25, 0.3) is 27.3 Å². The van der Waals surface area contributed by atoms with Crippen LogP contribution >= 0.6 is 11.3 Å². The number of fused-ring (bicyclic) bond motifs is 1. The molecule has 0 unspecified atom stereocenters. The topological polar surface area (TPSA) is 104 Å². The van der Waals surface area contributed by atoms with E-state index >= 15 is 0 Å². The molecule has 3 heterocycles. The van der Waals surface area contributed by atoms with Gasteiger partial charge in [0.2, 0.25) is 5.78 Å². The van der Waals surface area contributed by atoms with Crippen LogP contribution in [0.4, 0.5) is 15.8 Å². The highest BCUT2D eigenvalue weighted by Crippen LogP contribution is 2.39. The van der Waals surface area contributed by atoms with Crippen LogP contribution in [-0.4, -0.2) is 20.1 Å². The van der Waals surface area contributed by atoms with Crippen molar-refractivity contribution in [1.29, 1.82) is 0 Å². The van der Waals surface area contributed by atoms with E-state index in [2.05, 4.69) is 4.98 Å². The van der Waals surface area contributed by atoms with Gasteiger partial charge in [0.25, 0.3) is 5.69 Å². The molecule has 0 fully saturated rings. The molecule has 0 saturated carbocycles. The van der Waals surface area contributed by atoms with E-state index in [1.165, 1.54) is 47.7 Å².